The number of phosphoric ester groups is 3. The molecule has 0 aliphatic carbocycles. The number of rotatable bonds is 22. The number of hydrogen-bond donors (Lipinski definition) is 6. The number of pyridine rings is 2. The van der Waals surface area contributed by atoms with E-state index in [1.807, 2.05) is 6.92 Å². The maximum atomic E-state index is 13.6. The Morgan fingerprint density at radius 2 is 1.68 bits per heavy atom. The molecule has 326 valence electrons. The summed E-state index contributed by atoms with van der Waals surface area (Å²) >= 11 is 0. The van der Waals surface area contributed by atoms with Crippen LogP contribution < -0.4 is 15.6 Å². The highest BCUT2D eigenvalue weighted by atomic mass is 31.2. The van der Waals surface area contributed by atoms with Crippen LogP contribution in [0, 0.1) is 0 Å². The van der Waals surface area contributed by atoms with E-state index in [2.05, 4.69) is 23.4 Å². The number of hydrogen-bond acceptors (Lipinski definition) is 16. The lowest BCUT2D eigenvalue weighted by Gasteiger charge is -2.31. The van der Waals surface area contributed by atoms with Crippen molar-refractivity contribution in [3.05, 3.63) is 56.9 Å². The second kappa shape index (κ2) is 19.5. The Kier molecular flexibility index (Phi) is 15.4. The number of unbranched alkanes of at least 4 members (excludes halogenated alkanes) is 1. The lowest BCUT2D eigenvalue weighted by atomic mass is 9.86. The van der Waals surface area contributed by atoms with Gasteiger partial charge in [0.2, 0.25) is 0 Å². The molecule has 25 heteroatoms. The average molecular weight is 894 g/mol. The Morgan fingerprint density at radius 3 is 2.36 bits per heavy atom. The molecule has 22 nitrogen and oxygen atoms in total. The lowest BCUT2D eigenvalue weighted by Crippen LogP contribution is -2.44. The van der Waals surface area contributed by atoms with Crippen molar-refractivity contribution >= 4 is 46.4 Å². The topological polar surface area (TPSA) is 307 Å². The third-order valence-corrected chi connectivity index (χ3v) is 11.9. The highest BCUT2D eigenvalue weighted by molar-refractivity contribution is 7.47. The first-order valence-corrected chi connectivity index (χ1v) is 23.0. The van der Waals surface area contributed by atoms with Gasteiger partial charge in [-0.2, -0.15) is 0 Å². The Balaban J connectivity index is 1.12. The van der Waals surface area contributed by atoms with Crippen LogP contribution in [0.4, 0.5) is 4.79 Å². The first-order valence-electron chi connectivity index (χ1n) is 18.4. The monoisotopic (exact) mass is 893 g/mol. The largest absolute Gasteiger partial charge is 0.472 e. The molecule has 0 fully saturated rings. The summed E-state index contributed by atoms with van der Waals surface area (Å²) in [6, 6.07) is 6.59. The molecule has 1 amide bonds. The molecule has 0 radical (unpaired) electrons. The normalized spacial score (nSPS) is 18.6. The maximum Gasteiger partial charge on any atom is 0.472 e. The minimum absolute atomic E-state index is 0.0223. The number of benzene rings is 1. The zero-order valence-electron chi connectivity index (χ0n) is 32.3. The summed E-state index contributed by atoms with van der Waals surface area (Å²) in [5, 5.41) is 14.5. The summed E-state index contributed by atoms with van der Waals surface area (Å²) in [5.41, 5.74) is 1.41. The van der Waals surface area contributed by atoms with Gasteiger partial charge in [-0.15, -0.1) is 0 Å². The van der Waals surface area contributed by atoms with E-state index >= 15 is 0 Å². The quantitative estimate of drug-likeness (QED) is 0.0375. The van der Waals surface area contributed by atoms with E-state index in [-0.39, 0.29) is 61.8 Å². The van der Waals surface area contributed by atoms with Crippen molar-refractivity contribution in [2.75, 3.05) is 46.2 Å². The van der Waals surface area contributed by atoms with Crippen molar-refractivity contribution in [1.82, 2.24) is 14.9 Å². The minimum atomic E-state index is -4.99. The number of carbonyl (C=O) groups excluding carboxylic acids is 2. The van der Waals surface area contributed by atoms with Gasteiger partial charge in [-0.05, 0) is 62.4 Å². The van der Waals surface area contributed by atoms with E-state index in [9.17, 15) is 43.0 Å². The fourth-order valence-corrected chi connectivity index (χ4v) is 8.43. The van der Waals surface area contributed by atoms with Crippen LogP contribution in [0.15, 0.2) is 29.1 Å². The standard InChI is InChI=1S/C34H46N3O19P3/c1-4-23-24-15-21(9-10-28(24)36-30-25(23)17-37-29(30)16-27-26(31(37)38)20-50-32(39)34(27,41)5-2)55-33(40)35-11-7-8-12-49-18-22(19-54-57(42,43)44)56-59(47,48)53-14-13-52-58(45,46)51-6-3/h9-10,15-16,22,41H,4-8,11-14,17-20H2,1-3H3,(H,35,40)(H,45,46)(H,47,48)(H2,42,43,44)/t22?,34-/m0/s1. The molecule has 0 spiro atoms. The van der Waals surface area contributed by atoms with Crippen LogP contribution in [0.3, 0.4) is 0 Å². The van der Waals surface area contributed by atoms with Gasteiger partial charge in [-0.3, -0.25) is 27.4 Å². The van der Waals surface area contributed by atoms with E-state index < -0.39 is 73.7 Å². The van der Waals surface area contributed by atoms with Gasteiger partial charge in [0.15, 0.2) is 5.60 Å². The third kappa shape index (κ3) is 11.7. The third-order valence-electron chi connectivity index (χ3n) is 9.23. The SMILES string of the molecule is CCOP(=O)(O)OCCOP(=O)(O)OC(COCCCCNC(=O)Oc1ccc2nc3c(c(CC)c2c1)Cn1c-3cc2c(c1=O)COC(=O)[C@]2(O)CC)COP(=O)(O)O. The second-order valence-corrected chi connectivity index (χ2v) is 17.3. The van der Waals surface area contributed by atoms with Crippen LogP contribution in [0.1, 0.15) is 62.3 Å². The highest BCUT2D eigenvalue weighted by Gasteiger charge is 2.45. The van der Waals surface area contributed by atoms with Gasteiger partial charge in [-0.25, -0.2) is 28.3 Å². The van der Waals surface area contributed by atoms with Gasteiger partial charge in [0, 0.05) is 29.7 Å². The molecule has 2 aromatic heterocycles. The van der Waals surface area contributed by atoms with E-state index in [1.54, 1.807) is 35.8 Å². The number of aliphatic hydroxyl groups is 1. The zero-order chi connectivity index (χ0) is 43.2. The average Bonchev–Trinajstić information content (AvgIpc) is 3.53. The number of aromatic nitrogens is 2. The maximum absolute atomic E-state index is 13.6. The van der Waals surface area contributed by atoms with Crippen LogP contribution >= 0.6 is 23.5 Å². The summed E-state index contributed by atoms with van der Waals surface area (Å²) in [4.78, 5) is 81.1. The number of nitrogens with zero attached hydrogens (tertiary/aromatic N) is 2. The van der Waals surface area contributed by atoms with Crippen molar-refractivity contribution in [1.29, 1.82) is 0 Å². The number of phosphoric acid groups is 3. The van der Waals surface area contributed by atoms with E-state index in [1.165, 1.54) is 6.92 Å². The molecule has 59 heavy (non-hydrogen) atoms. The number of aryl methyl sites for hydroxylation is 1. The Labute approximate surface area is 337 Å². The molecular weight excluding hydrogens is 847 g/mol. The Bertz CT molecular complexity index is 2250. The molecule has 1 aromatic carbocycles. The Morgan fingerprint density at radius 1 is 0.949 bits per heavy atom. The van der Waals surface area contributed by atoms with Gasteiger partial charge < -0.3 is 48.8 Å². The second-order valence-electron chi connectivity index (χ2n) is 13.2. The number of ether oxygens (including phenoxy) is 3. The number of carbonyl (C=O) groups is 2. The van der Waals surface area contributed by atoms with Gasteiger partial charge >= 0.3 is 35.5 Å². The van der Waals surface area contributed by atoms with Gasteiger partial charge in [0.05, 0.1) is 62.0 Å². The van der Waals surface area contributed by atoms with Crippen molar-refractivity contribution in [2.24, 2.45) is 0 Å². The predicted octanol–water partition coefficient (Wildman–Crippen LogP) is 3.29. The summed E-state index contributed by atoms with van der Waals surface area (Å²) in [6.07, 6.45) is -0.896. The van der Waals surface area contributed by atoms with Crippen LogP contribution in [0.25, 0.3) is 22.3 Å². The molecule has 0 bridgehead atoms. The van der Waals surface area contributed by atoms with E-state index in [0.717, 1.165) is 11.1 Å². The first-order chi connectivity index (χ1) is 27.8. The molecule has 0 saturated heterocycles. The molecule has 6 N–H and O–H groups in total. The van der Waals surface area contributed by atoms with Crippen LogP contribution in [-0.4, -0.2) is 98.6 Å². The minimum Gasteiger partial charge on any atom is -0.458 e. The summed E-state index contributed by atoms with van der Waals surface area (Å²) in [7, 11) is -14.3. The van der Waals surface area contributed by atoms with Crippen molar-refractivity contribution in [2.45, 2.75) is 71.3 Å². The zero-order valence-corrected chi connectivity index (χ0v) is 35.0. The molecule has 2 aliphatic heterocycles. The molecule has 5 rings (SSSR count). The number of amides is 1. The summed E-state index contributed by atoms with van der Waals surface area (Å²) in [6.45, 7) is 2.46. The molecular formula is C34H46N3O19P3. The van der Waals surface area contributed by atoms with Crippen molar-refractivity contribution in [3.8, 4) is 17.1 Å². The fraction of sp³-hybridized carbons (Fsp3) is 0.529. The molecule has 3 aromatic rings. The summed E-state index contributed by atoms with van der Waals surface area (Å²) < 4.78 is 75.7. The van der Waals surface area contributed by atoms with Gasteiger partial charge in [0.1, 0.15) is 18.5 Å². The molecule has 3 unspecified atom stereocenters. The molecule has 2 aliphatic rings. The smallest absolute Gasteiger partial charge is 0.458 e. The van der Waals surface area contributed by atoms with Gasteiger partial charge in [0.25, 0.3) is 5.56 Å². The Hall–Kier alpha value is -3.43. The van der Waals surface area contributed by atoms with Crippen molar-refractivity contribution < 1.29 is 84.8 Å². The predicted molar refractivity (Wildman–Crippen MR) is 204 cm³/mol. The summed E-state index contributed by atoms with van der Waals surface area (Å²) in [5.74, 6) is -0.569. The van der Waals surface area contributed by atoms with E-state index in [0.29, 0.717) is 41.6 Å². The molecule has 0 saturated carbocycles. The van der Waals surface area contributed by atoms with Crippen LogP contribution in [0.2, 0.25) is 0 Å². The van der Waals surface area contributed by atoms with Crippen LogP contribution in [-0.2, 0) is 75.8 Å². The van der Waals surface area contributed by atoms with E-state index in [4.69, 9.17) is 33.5 Å². The first kappa shape index (κ1) is 46.6. The molecule has 4 heterocycles. The number of fused-ring (bicyclic) bond motifs is 5. The van der Waals surface area contributed by atoms with Gasteiger partial charge in [-0.1, -0.05) is 13.8 Å². The van der Waals surface area contributed by atoms with Crippen molar-refractivity contribution in [3.63, 3.8) is 0 Å². The number of nitrogens with one attached hydrogen (secondary N) is 1. The molecule has 4 atom stereocenters. The number of esters is 1. The fourth-order valence-electron chi connectivity index (χ4n) is 6.50. The lowest BCUT2D eigenvalue weighted by molar-refractivity contribution is -0.172. The number of cyclic esters (lactones) is 1. The highest BCUT2D eigenvalue weighted by Crippen LogP contribution is 2.47. The van der Waals surface area contributed by atoms with Crippen LogP contribution in [0.5, 0.6) is 5.75 Å².